The molecule has 0 saturated carbocycles. The molecule has 3 aromatic carbocycles. The van der Waals surface area contributed by atoms with Gasteiger partial charge >= 0.3 is 4.87 Å². The van der Waals surface area contributed by atoms with Gasteiger partial charge in [-0.2, -0.15) is 0 Å². The van der Waals surface area contributed by atoms with Crippen molar-refractivity contribution in [1.29, 1.82) is 0 Å². The maximum absolute atomic E-state index is 13.9. The highest BCUT2D eigenvalue weighted by Gasteiger charge is 2.56. The molecule has 0 aliphatic carbocycles. The lowest BCUT2D eigenvalue weighted by molar-refractivity contribution is -0.384. The summed E-state index contributed by atoms with van der Waals surface area (Å²) in [5.41, 5.74) is 1.01. The number of nitrogens with one attached hydrogen (secondary N) is 1. The predicted molar refractivity (Wildman–Crippen MR) is 156 cm³/mol. The number of benzene rings is 3. The van der Waals surface area contributed by atoms with E-state index in [-0.39, 0.29) is 17.9 Å². The monoisotopic (exact) mass is 624 g/mol. The lowest BCUT2D eigenvalue weighted by Gasteiger charge is -2.30. The second-order valence-corrected chi connectivity index (χ2v) is 12.1. The Hall–Kier alpha value is -4.33. The normalized spacial score (nSPS) is 19.4. The summed E-state index contributed by atoms with van der Waals surface area (Å²) in [5, 5.41) is 13.7. The first kappa shape index (κ1) is 27.8. The van der Waals surface area contributed by atoms with E-state index in [1.807, 2.05) is 0 Å². The van der Waals surface area contributed by atoms with Gasteiger partial charge in [-0.05, 0) is 54.1 Å². The van der Waals surface area contributed by atoms with Crippen LogP contribution >= 0.6 is 34.7 Å². The maximum atomic E-state index is 13.9. The number of aromatic nitrogens is 1. The summed E-state index contributed by atoms with van der Waals surface area (Å²) < 4.78 is 14.5. The SMILES string of the molecule is O=C(Cn1c2c(sc1=O)C(c1ccc(Cl)cc1)C1C(=O)N(c3ccc([N+](=O)[O-])cc3)C(=O)C1S2)Nc1ccc(F)cc1. The molecule has 6 rings (SSSR count). The number of imide groups is 1. The van der Waals surface area contributed by atoms with Crippen LogP contribution in [0.15, 0.2) is 82.6 Å². The van der Waals surface area contributed by atoms with Crippen molar-refractivity contribution in [2.75, 3.05) is 10.2 Å². The number of thiazole rings is 1. The van der Waals surface area contributed by atoms with Crippen molar-refractivity contribution in [3.8, 4) is 0 Å². The number of nitro groups is 1. The van der Waals surface area contributed by atoms with Gasteiger partial charge < -0.3 is 5.32 Å². The number of hydrogen-bond donors (Lipinski definition) is 1. The van der Waals surface area contributed by atoms with Crippen LogP contribution in [0.3, 0.4) is 0 Å². The van der Waals surface area contributed by atoms with Gasteiger partial charge in [0.05, 0.1) is 21.6 Å². The van der Waals surface area contributed by atoms with E-state index < -0.39 is 50.4 Å². The molecule has 1 aromatic heterocycles. The molecule has 212 valence electrons. The molecular weight excluding hydrogens is 607 g/mol. The Morgan fingerprint density at radius 2 is 1.64 bits per heavy atom. The quantitative estimate of drug-likeness (QED) is 0.180. The van der Waals surface area contributed by atoms with E-state index in [9.17, 15) is 33.7 Å². The van der Waals surface area contributed by atoms with Crippen molar-refractivity contribution < 1.29 is 23.7 Å². The van der Waals surface area contributed by atoms with Gasteiger partial charge in [0, 0.05) is 33.6 Å². The molecule has 14 heteroatoms. The number of hydrogen-bond acceptors (Lipinski definition) is 8. The number of halogens is 2. The fourth-order valence-electron chi connectivity index (χ4n) is 5.14. The zero-order valence-corrected chi connectivity index (χ0v) is 23.6. The van der Waals surface area contributed by atoms with Crippen LogP contribution in [0.5, 0.6) is 0 Å². The highest BCUT2D eigenvalue weighted by molar-refractivity contribution is 8.00. The average Bonchev–Trinajstić information content (AvgIpc) is 3.41. The molecule has 10 nitrogen and oxygen atoms in total. The number of thioether (sulfide) groups is 1. The number of anilines is 2. The van der Waals surface area contributed by atoms with Crippen molar-refractivity contribution in [2.45, 2.75) is 22.7 Å². The summed E-state index contributed by atoms with van der Waals surface area (Å²) in [6.07, 6.45) is 0. The van der Waals surface area contributed by atoms with Crippen LogP contribution in [-0.4, -0.2) is 32.5 Å². The average molecular weight is 625 g/mol. The van der Waals surface area contributed by atoms with Crippen LogP contribution in [0.2, 0.25) is 5.02 Å². The zero-order valence-electron chi connectivity index (χ0n) is 21.2. The van der Waals surface area contributed by atoms with E-state index in [1.54, 1.807) is 24.3 Å². The van der Waals surface area contributed by atoms with Crippen LogP contribution in [0.1, 0.15) is 16.4 Å². The molecule has 3 unspecified atom stereocenters. The van der Waals surface area contributed by atoms with Gasteiger partial charge in [-0.1, -0.05) is 46.8 Å². The zero-order chi connectivity index (χ0) is 29.7. The molecule has 42 heavy (non-hydrogen) atoms. The van der Waals surface area contributed by atoms with E-state index in [0.717, 1.165) is 28.0 Å². The first-order valence-electron chi connectivity index (χ1n) is 12.5. The summed E-state index contributed by atoms with van der Waals surface area (Å²) in [6, 6.07) is 17.1. The molecule has 4 aromatic rings. The lowest BCUT2D eigenvalue weighted by Crippen LogP contribution is -2.33. The van der Waals surface area contributed by atoms with Gasteiger partial charge in [0.2, 0.25) is 17.7 Å². The van der Waals surface area contributed by atoms with Gasteiger partial charge in [-0.3, -0.25) is 33.9 Å². The van der Waals surface area contributed by atoms with Crippen molar-refractivity contribution >= 4 is 69.5 Å². The molecule has 3 amide bonds. The third-order valence-corrected chi connectivity index (χ3v) is 9.88. The number of nitrogens with zero attached hydrogens (tertiary/aromatic N) is 3. The minimum Gasteiger partial charge on any atom is -0.325 e. The summed E-state index contributed by atoms with van der Waals surface area (Å²) in [6.45, 7) is -0.367. The molecule has 0 spiro atoms. The van der Waals surface area contributed by atoms with Crippen molar-refractivity contribution in [3.63, 3.8) is 0 Å². The minimum absolute atomic E-state index is 0.186. The lowest BCUT2D eigenvalue weighted by atomic mass is 9.83. The second kappa shape index (κ2) is 10.8. The van der Waals surface area contributed by atoms with Crippen molar-refractivity contribution in [1.82, 2.24) is 4.57 Å². The van der Waals surface area contributed by atoms with Crippen LogP contribution in [0, 0.1) is 21.8 Å². The Morgan fingerprint density at radius 3 is 2.29 bits per heavy atom. The van der Waals surface area contributed by atoms with Gasteiger partial charge in [0.15, 0.2) is 0 Å². The molecule has 0 bridgehead atoms. The standard InChI is InChI=1S/C28H18ClFN4O6S2/c29-15-3-1-14(2-4-15)21-22-23(26(37)33(25(22)36)18-9-11-19(12-10-18)34(39)40)41-27-24(21)42-28(38)32(27)13-20(35)31-17-7-5-16(30)6-8-17/h1-12,21-23H,13H2,(H,31,35). The van der Waals surface area contributed by atoms with Crippen LogP contribution in [-0.2, 0) is 20.9 Å². The van der Waals surface area contributed by atoms with Gasteiger partial charge in [0.25, 0.3) is 5.69 Å². The van der Waals surface area contributed by atoms with Gasteiger partial charge in [-0.25, -0.2) is 9.29 Å². The summed E-state index contributed by atoms with van der Waals surface area (Å²) >= 11 is 8.05. The molecule has 3 heterocycles. The smallest absolute Gasteiger partial charge is 0.308 e. The Bertz CT molecular complexity index is 1810. The van der Waals surface area contributed by atoms with Gasteiger partial charge in [0.1, 0.15) is 17.6 Å². The van der Waals surface area contributed by atoms with E-state index in [2.05, 4.69) is 5.32 Å². The largest absolute Gasteiger partial charge is 0.325 e. The highest BCUT2D eigenvalue weighted by atomic mass is 35.5. The summed E-state index contributed by atoms with van der Waals surface area (Å²) in [4.78, 5) is 65.4. The fraction of sp³-hybridized carbons (Fsp3) is 0.143. The molecule has 1 fully saturated rings. The number of carbonyl (C=O) groups is 3. The first-order valence-corrected chi connectivity index (χ1v) is 14.5. The van der Waals surface area contributed by atoms with E-state index in [0.29, 0.717) is 26.2 Å². The molecular formula is C28H18ClFN4O6S2. The minimum atomic E-state index is -0.929. The van der Waals surface area contributed by atoms with Crippen LogP contribution in [0.4, 0.5) is 21.5 Å². The number of rotatable bonds is 6. The predicted octanol–water partition coefficient (Wildman–Crippen LogP) is 5.05. The number of nitro benzene ring substituents is 1. The molecule has 1 N–H and O–H groups in total. The Balaban J connectivity index is 1.39. The Labute approximate surface area is 249 Å². The third-order valence-electron chi connectivity index (χ3n) is 7.03. The Morgan fingerprint density at radius 1 is 0.976 bits per heavy atom. The van der Waals surface area contributed by atoms with Crippen LogP contribution in [0.25, 0.3) is 0 Å². The summed E-state index contributed by atoms with van der Waals surface area (Å²) in [7, 11) is 0. The fourth-order valence-corrected chi connectivity index (χ4v) is 8.04. The number of non-ortho nitro benzene ring substituents is 1. The van der Waals surface area contributed by atoms with E-state index in [1.165, 1.54) is 53.1 Å². The second-order valence-electron chi connectivity index (χ2n) is 9.56. The maximum Gasteiger partial charge on any atom is 0.308 e. The number of amides is 3. The van der Waals surface area contributed by atoms with Crippen molar-refractivity contribution in [2.24, 2.45) is 5.92 Å². The van der Waals surface area contributed by atoms with Crippen LogP contribution < -0.4 is 15.1 Å². The van der Waals surface area contributed by atoms with E-state index in [4.69, 9.17) is 11.6 Å². The molecule has 2 aliphatic rings. The molecule has 2 aliphatic heterocycles. The topological polar surface area (TPSA) is 132 Å². The molecule has 1 saturated heterocycles. The third kappa shape index (κ3) is 4.89. The van der Waals surface area contributed by atoms with Crippen molar-refractivity contribution in [3.05, 3.63) is 114 Å². The molecule has 0 radical (unpaired) electrons. The van der Waals surface area contributed by atoms with E-state index >= 15 is 0 Å². The summed E-state index contributed by atoms with van der Waals surface area (Å²) in [5.74, 6) is -3.61. The van der Waals surface area contributed by atoms with Gasteiger partial charge in [-0.15, -0.1) is 0 Å². The highest BCUT2D eigenvalue weighted by Crippen LogP contribution is 2.54. The Kier molecular flexibility index (Phi) is 7.17. The first-order chi connectivity index (χ1) is 20.1. The number of fused-ring (bicyclic) bond motifs is 2. The molecule has 3 atom stereocenters. The number of carbonyl (C=O) groups excluding carboxylic acids is 3.